The zero-order valence-corrected chi connectivity index (χ0v) is 7.56. The van der Waals surface area contributed by atoms with Gasteiger partial charge in [0.1, 0.15) is 0 Å². The zero-order chi connectivity index (χ0) is 8.27. The van der Waals surface area contributed by atoms with Crippen LogP contribution in [0.4, 0.5) is 0 Å². The molecule has 0 spiro atoms. The Kier molecular flexibility index (Phi) is 2.98. The minimum Gasteiger partial charge on any atom is -0.512 e. The molecule has 1 rings (SSSR count). The molecular formula is C10H18O. The molecule has 0 aromatic rings. The van der Waals surface area contributed by atoms with Gasteiger partial charge in [-0.15, -0.1) is 0 Å². The minimum absolute atomic E-state index is 0.593. The van der Waals surface area contributed by atoms with Crippen LogP contribution < -0.4 is 0 Å². The first-order valence-electron chi connectivity index (χ1n) is 4.60. The number of allylic oxidation sites excluding steroid dienone is 2. The van der Waals surface area contributed by atoms with E-state index in [0.29, 0.717) is 11.7 Å². The summed E-state index contributed by atoms with van der Waals surface area (Å²) in [6.45, 7) is 4.27. The van der Waals surface area contributed by atoms with E-state index >= 15 is 0 Å². The van der Waals surface area contributed by atoms with Crippen molar-refractivity contribution in [2.45, 2.75) is 46.0 Å². The van der Waals surface area contributed by atoms with Gasteiger partial charge in [-0.2, -0.15) is 0 Å². The van der Waals surface area contributed by atoms with E-state index in [1.807, 2.05) is 0 Å². The summed E-state index contributed by atoms with van der Waals surface area (Å²) in [4.78, 5) is 0. The van der Waals surface area contributed by atoms with Crippen molar-refractivity contribution in [3.8, 4) is 0 Å². The highest BCUT2D eigenvalue weighted by atomic mass is 16.3. The molecule has 0 aliphatic heterocycles. The highest BCUT2D eigenvalue weighted by Crippen LogP contribution is 2.25. The predicted octanol–water partition coefficient (Wildman–Crippen LogP) is 3.42. The summed E-state index contributed by atoms with van der Waals surface area (Å²) in [6, 6.07) is 0. The number of aliphatic hydroxyl groups excluding tert-OH is 1. The summed E-state index contributed by atoms with van der Waals surface area (Å²) in [5, 5.41) is 9.53. The predicted molar refractivity (Wildman–Crippen MR) is 47.6 cm³/mol. The first-order chi connectivity index (χ1) is 5.22. The van der Waals surface area contributed by atoms with Crippen LogP contribution in [0.2, 0.25) is 0 Å². The zero-order valence-electron chi connectivity index (χ0n) is 7.56. The van der Waals surface area contributed by atoms with Gasteiger partial charge in [0.2, 0.25) is 0 Å². The molecule has 0 fully saturated rings. The van der Waals surface area contributed by atoms with Crippen LogP contribution in [-0.4, -0.2) is 5.11 Å². The SMILES string of the molecule is CC1=C(O)CCCCCC1C. The Balaban J connectivity index is 2.66. The first kappa shape index (κ1) is 8.63. The quantitative estimate of drug-likeness (QED) is 0.567. The van der Waals surface area contributed by atoms with Crippen LogP contribution in [0.3, 0.4) is 0 Å². The van der Waals surface area contributed by atoms with Crippen LogP contribution in [0.15, 0.2) is 11.3 Å². The number of rotatable bonds is 0. The monoisotopic (exact) mass is 154 g/mol. The molecule has 0 saturated carbocycles. The maximum absolute atomic E-state index is 9.53. The third-order valence-electron chi connectivity index (χ3n) is 2.75. The first-order valence-corrected chi connectivity index (χ1v) is 4.60. The Labute approximate surface area is 69.1 Å². The number of hydrogen-bond donors (Lipinski definition) is 1. The van der Waals surface area contributed by atoms with Gasteiger partial charge in [0.05, 0.1) is 5.76 Å². The van der Waals surface area contributed by atoms with Gasteiger partial charge in [-0.25, -0.2) is 0 Å². The second-order valence-electron chi connectivity index (χ2n) is 3.63. The van der Waals surface area contributed by atoms with Crippen molar-refractivity contribution in [3.63, 3.8) is 0 Å². The van der Waals surface area contributed by atoms with Gasteiger partial charge in [0.25, 0.3) is 0 Å². The van der Waals surface area contributed by atoms with Crippen LogP contribution >= 0.6 is 0 Å². The van der Waals surface area contributed by atoms with Crippen LogP contribution in [-0.2, 0) is 0 Å². The van der Waals surface area contributed by atoms with Crippen LogP contribution in [0.5, 0.6) is 0 Å². The molecule has 1 nitrogen and oxygen atoms in total. The molecule has 1 heteroatoms. The maximum Gasteiger partial charge on any atom is 0.0914 e. The van der Waals surface area contributed by atoms with E-state index in [2.05, 4.69) is 13.8 Å². The Morgan fingerprint density at radius 3 is 2.73 bits per heavy atom. The van der Waals surface area contributed by atoms with Gasteiger partial charge < -0.3 is 5.11 Å². The lowest BCUT2D eigenvalue weighted by Crippen LogP contribution is -2.03. The molecule has 0 heterocycles. The van der Waals surface area contributed by atoms with Gasteiger partial charge in [-0.1, -0.05) is 19.8 Å². The summed E-state index contributed by atoms with van der Waals surface area (Å²) in [5.74, 6) is 1.24. The lowest BCUT2D eigenvalue weighted by molar-refractivity contribution is 0.350. The fraction of sp³-hybridized carbons (Fsp3) is 0.800. The summed E-state index contributed by atoms with van der Waals surface area (Å²) in [5.41, 5.74) is 1.21. The normalized spacial score (nSPS) is 28.0. The molecule has 0 aromatic heterocycles. The van der Waals surface area contributed by atoms with Crippen molar-refractivity contribution in [1.29, 1.82) is 0 Å². The van der Waals surface area contributed by atoms with Gasteiger partial charge in [0, 0.05) is 6.42 Å². The van der Waals surface area contributed by atoms with E-state index in [-0.39, 0.29) is 0 Å². The van der Waals surface area contributed by atoms with Crippen molar-refractivity contribution in [1.82, 2.24) is 0 Å². The number of aliphatic hydroxyl groups is 1. The molecule has 0 bridgehead atoms. The standard InChI is InChI=1S/C10H18O/c1-8-6-4-3-5-7-10(11)9(8)2/h8,11H,3-7H2,1-2H3. The van der Waals surface area contributed by atoms with Crippen molar-refractivity contribution in [3.05, 3.63) is 11.3 Å². The third kappa shape index (κ3) is 2.25. The largest absolute Gasteiger partial charge is 0.512 e. The molecule has 1 aliphatic rings. The molecule has 0 amide bonds. The minimum atomic E-state index is 0.593. The van der Waals surface area contributed by atoms with E-state index in [1.165, 1.54) is 24.8 Å². The Morgan fingerprint density at radius 1 is 1.27 bits per heavy atom. The smallest absolute Gasteiger partial charge is 0.0914 e. The van der Waals surface area contributed by atoms with Crippen LogP contribution in [0, 0.1) is 5.92 Å². The molecule has 64 valence electrons. The molecule has 11 heavy (non-hydrogen) atoms. The Morgan fingerprint density at radius 2 is 2.00 bits per heavy atom. The lowest BCUT2D eigenvalue weighted by Gasteiger charge is -2.17. The second kappa shape index (κ2) is 3.80. The highest BCUT2D eigenvalue weighted by molar-refractivity contribution is 5.08. The molecule has 1 atom stereocenters. The highest BCUT2D eigenvalue weighted by Gasteiger charge is 2.11. The molecular weight excluding hydrogens is 136 g/mol. The molecule has 1 aliphatic carbocycles. The van der Waals surface area contributed by atoms with Crippen molar-refractivity contribution < 1.29 is 5.11 Å². The Bertz CT molecular complexity index is 158. The molecule has 0 aromatic carbocycles. The average Bonchev–Trinajstić information content (AvgIpc) is 2.00. The van der Waals surface area contributed by atoms with E-state index in [1.54, 1.807) is 0 Å². The Hall–Kier alpha value is -0.460. The second-order valence-corrected chi connectivity index (χ2v) is 3.63. The van der Waals surface area contributed by atoms with Crippen LogP contribution in [0.25, 0.3) is 0 Å². The van der Waals surface area contributed by atoms with E-state index in [9.17, 15) is 5.11 Å². The number of hydrogen-bond acceptors (Lipinski definition) is 1. The maximum atomic E-state index is 9.53. The molecule has 0 saturated heterocycles. The fourth-order valence-corrected chi connectivity index (χ4v) is 1.62. The van der Waals surface area contributed by atoms with Crippen molar-refractivity contribution in [2.24, 2.45) is 5.92 Å². The van der Waals surface area contributed by atoms with Gasteiger partial charge in [-0.3, -0.25) is 0 Å². The summed E-state index contributed by atoms with van der Waals surface area (Å²) < 4.78 is 0. The van der Waals surface area contributed by atoms with Crippen molar-refractivity contribution >= 4 is 0 Å². The van der Waals surface area contributed by atoms with Gasteiger partial charge >= 0.3 is 0 Å². The van der Waals surface area contributed by atoms with Gasteiger partial charge in [-0.05, 0) is 31.3 Å². The van der Waals surface area contributed by atoms with E-state index < -0.39 is 0 Å². The molecule has 1 unspecified atom stereocenters. The summed E-state index contributed by atoms with van der Waals surface area (Å²) >= 11 is 0. The van der Waals surface area contributed by atoms with Crippen LogP contribution in [0.1, 0.15) is 46.0 Å². The topological polar surface area (TPSA) is 20.2 Å². The summed E-state index contributed by atoms with van der Waals surface area (Å²) in [7, 11) is 0. The summed E-state index contributed by atoms with van der Waals surface area (Å²) in [6.07, 6.45) is 5.91. The third-order valence-corrected chi connectivity index (χ3v) is 2.75. The van der Waals surface area contributed by atoms with E-state index in [4.69, 9.17) is 0 Å². The lowest BCUT2D eigenvalue weighted by atomic mass is 9.91. The molecule has 0 radical (unpaired) electrons. The molecule has 1 N–H and O–H groups in total. The van der Waals surface area contributed by atoms with Gasteiger partial charge in [0.15, 0.2) is 0 Å². The average molecular weight is 154 g/mol. The fourth-order valence-electron chi connectivity index (χ4n) is 1.62. The van der Waals surface area contributed by atoms with Crippen molar-refractivity contribution in [2.75, 3.05) is 0 Å². The van der Waals surface area contributed by atoms with E-state index in [0.717, 1.165) is 12.8 Å².